The number of rotatable bonds is 9. The lowest BCUT2D eigenvalue weighted by Crippen LogP contribution is -2.57. The Bertz CT molecular complexity index is 1510. The highest BCUT2D eigenvalue weighted by molar-refractivity contribution is 6.04. The molecule has 0 aromatic heterocycles. The maximum atomic E-state index is 14.4. The Morgan fingerprint density at radius 2 is 1.71 bits per heavy atom. The fraction of sp³-hybridized carbons (Fsp3) is 0.441. The van der Waals surface area contributed by atoms with E-state index in [0.29, 0.717) is 31.5 Å². The van der Waals surface area contributed by atoms with Gasteiger partial charge in [-0.05, 0) is 53.6 Å². The van der Waals surface area contributed by atoms with Crippen molar-refractivity contribution in [2.75, 3.05) is 11.9 Å². The summed E-state index contributed by atoms with van der Waals surface area (Å²) >= 11 is 0. The first-order chi connectivity index (χ1) is 20.2. The molecule has 3 aliphatic heterocycles. The minimum absolute atomic E-state index is 0.118. The highest BCUT2D eigenvalue weighted by Crippen LogP contribution is 2.64. The van der Waals surface area contributed by atoms with E-state index in [0.717, 1.165) is 16.3 Å². The van der Waals surface area contributed by atoms with Crippen molar-refractivity contribution in [2.45, 2.75) is 69.9 Å². The number of likely N-dealkylation sites (tertiary alicyclic amines) is 1. The van der Waals surface area contributed by atoms with Crippen LogP contribution in [0.1, 0.15) is 45.6 Å². The molecule has 3 aromatic carbocycles. The third kappa shape index (κ3) is 4.39. The molecule has 3 aliphatic rings. The molecule has 3 amide bonds. The third-order valence-corrected chi connectivity index (χ3v) is 9.79. The first kappa shape index (κ1) is 28.4. The molecule has 42 heavy (non-hydrogen) atoms. The number of benzene rings is 3. The lowest BCUT2D eigenvalue weighted by molar-refractivity contribution is -0.150. The molecule has 1 spiro atoms. The Labute approximate surface area is 246 Å². The molecular weight excluding hydrogens is 530 g/mol. The van der Waals surface area contributed by atoms with Crippen LogP contribution < -0.4 is 10.6 Å². The van der Waals surface area contributed by atoms with Crippen molar-refractivity contribution in [1.82, 2.24) is 10.2 Å². The minimum Gasteiger partial charge on any atom is -0.394 e. The predicted octanol–water partition coefficient (Wildman–Crippen LogP) is 4.27. The molecule has 3 heterocycles. The van der Waals surface area contributed by atoms with Crippen molar-refractivity contribution in [3.63, 3.8) is 0 Å². The van der Waals surface area contributed by atoms with Crippen molar-refractivity contribution >= 4 is 34.2 Å². The zero-order chi connectivity index (χ0) is 29.6. The number of ether oxygens (including phenoxy) is 1. The number of nitrogens with one attached hydrogen (secondary N) is 2. The van der Waals surface area contributed by atoms with E-state index in [2.05, 4.69) is 10.6 Å². The van der Waals surface area contributed by atoms with Gasteiger partial charge in [0.15, 0.2) is 0 Å². The van der Waals surface area contributed by atoms with E-state index >= 15 is 0 Å². The quantitative estimate of drug-likeness (QED) is 0.357. The number of nitrogens with zero attached hydrogens (tertiary/aromatic N) is 1. The number of hydrogen-bond donors (Lipinski definition) is 3. The van der Waals surface area contributed by atoms with Gasteiger partial charge in [0.2, 0.25) is 17.7 Å². The summed E-state index contributed by atoms with van der Waals surface area (Å²) in [7, 11) is 0. The van der Waals surface area contributed by atoms with Crippen LogP contribution in [-0.2, 0) is 25.7 Å². The summed E-state index contributed by atoms with van der Waals surface area (Å²) in [6, 6.07) is 21.7. The number of fused-ring (bicyclic) bond motifs is 2. The summed E-state index contributed by atoms with van der Waals surface area (Å²) in [6.45, 7) is 5.87. The van der Waals surface area contributed by atoms with Gasteiger partial charge in [0.1, 0.15) is 11.6 Å². The molecule has 8 heteroatoms. The standard InChI is InChI=1S/C34H39N3O5/c1-4-33-16-17-34(42-33)28(27(33)30(39)35-19-22-10-6-5-7-11-22)32(41)37(26(20-38)21(2)3)29(34)31(40)36-25-15-14-23-12-8-9-13-24(23)18-25/h5-15,18,21,26-29,38H,4,16-17,19-20H2,1-3H3,(H,35,39)(H,36,40)/t26-,27+,28-,29?,33-,34?/m0/s1. The summed E-state index contributed by atoms with van der Waals surface area (Å²) in [4.78, 5) is 44.2. The lowest BCUT2D eigenvalue weighted by atomic mass is 9.65. The van der Waals surface area contributed by atoms with Crippen LogP contribution in [0.3, 0.4) is 0 Å². The number of aliphatic hydroxyl groups excluding tert-OH is 1. The van der Waals surface area contributed by atoms with Gasteiger partial charge in [-0.3, -0.25) is 14.4 Å². The van der Waals surface area contributed by atoms with Crippen LogP contribution in [0.4, 0.5) is 5.69 Å². The fourth-order valence-electron chi connectivity index (χ4n) is 7.70. The molecule has 0 aliphatic carbocycles. The van der Waals surface area contributed by atoms with Gasteiger partial charge in [-0.25, -0.2) is 0 Å². The number of carbonyl (C=O) groups is 3. The summed E-state index contributed by atoms with van der Waals surface area (Å²) < 4.78 is 6.86. The Morgan fingerprint density at radius 3 is 2.40 bits per heavy atom. The van der Waals surface area contributed by atoms with Gasteiger partial charge in [0.25, 0.3) is 0 Å². The highest BCUT2D eigenvalue weighted by Gasteiger charge is 2.79. The summed E-state index contributed by atoms with van der Waals surface area (Å²) in [5.74, 6) is -2.56. The molecular formula is C34H39N3O5. The minimum atomic E-state index is -1.16. The topological polar surface area (TPSA) is 108 Å². The average Bonchev–Trinajstić information content (AvgIpc) is 3.60. The number of amides is 3. The molecule has 3 saturated heterocycles. The van der Waals surface area contributed by atoms with E-state index in [-0.39, 0.29) is 30.2 Å². The molecule has 0 saturated carbocycles. The van der Waals surface area contributed by atoms with Crippen molar-refractivity contribution < 1.29 is 24.2 Å². The third-order valence-electron chi connectivity index (χ3n) is 9.79. The van der Waals surface area contributed by atoms with E-state index in [1.165, 1.54) is 4.90 Å². The zero-order valence-corrected chi connectivity index (χ0v) is 24.4. The van der Waals surface area contributed by atoms with E-state index in [1.807, 2.05) is 93.6 Å². The van der Waals surface area contributed by atoms with Crippen LogP contribution in [0.2, 0.25) is 0 Å². The molecule has 0 radical (unpaired) electrons. The molecule has 2 unspecified atom stereocenters. The van der Waals surface area contributed by atoms with Gasteiger partial charge >= 0.3 is 0 Å². The molecule has 3 aromatic rings. The SMILES string of the molecule is CC[C@@]12CCC3(O1)C(C(=O)Nc1ccc4ccccc4c1)N([C@@H](CO)C(C)C)C(=O)[C@@H]3[C@@H]2C(=O)NCc1ccccc1. The molecule has 220 valence electrons. The molecule has 6 atom stereocenters. The van der Waals surface area contributed by atoms with E-state index in [4.69, 9.17) is 4.74 Å². The molecule has 3 N–H and O–H groups in total. The van der Waals surface area contributed by atoms with E-state index in [1.54, 1.807) is 0 Å². The monoisotopic (exact) mass is 569 g/mol. The second-order valence-corrected chi connectivity index (χ2v) is 12.3. The van der Waals surface area contributed by atoms with Gasteiger partial charge in [0, 0.05) is 12.2 Å². The maximum Gasteiger partial charge on any atom is 0.250 e. The van der Waals surface area contributed by atoms with Gasteiger partial charge in [-0.15, -0.1) is 0 Å². The second-order valence-electron chi connectivity index (χ2n) is 12.3. The van der Waals surface area contributed by atoms with Crippen LogP contribution in [0.25, 0.3) is 10.8 Å². The summed E-state index contributed by atoms with van der Waals surface area (Å²) in [5.41, 5.74) is -0.417. The lowest BCUT2D eigenvalue weighted by Gasteiger charge is -2.38. The van der Waals surface area contributed by atoms with Crippen molar-refractivity contribution in [3.8, 4) is 0 Å². The highest BCUT2D eigenvalue weighted by atomic mass is 16.5. The number of anilines is 1. The van der Waals surface area contributed by atoms with Gasteiger partial charge in [0.05, 0.1) is 30.1 Å². The Hall–Kier alpha value is -3.75. The molecule has 2 bridgehead atoms. The Morgan fingerprint density at radius 1 is 1.00 bits per heavy atom. The van der Waals surface area contributed by atoms with Crippen LogP contribution in [0.15, 0.2) is 72.8 Å². The van der Waals surface area contributed by atoms with Crippen molar-refractivity contribution in [3.05, 3.63) is 78.4 Å². The van der Waals surface area contributed by atoms with Gasteiger partial charge < -0.3 is 25.4 Å². The van der Waals surface area contributed by atoms with Crippen molar-refractivity contribution in [1.29, 1.82) is 0 Å². The second kappa shape index (κ2) is 10.8. The number of carbonyl (C=O) groups excluding carboxylic acids is 3. The predicted molar refractivity (Wildman–Crippen MR) is 160 cm³/mol. The van der Waals surface area contributed by atoms with Crippen LogP contribution >= 0.6 is 0 Å². The normalized spacial score (nSPS) is 28.7. The first-order valence-corrected chi connectivity index (χ1v) is 15.0. The van der Waals surface area contributed by atoms with E-state index in [9.17, 15) is 19.5 Å². The first-order valence-electron chi connectivity index (χ1n) is 15.0. The van der Waals surface area contributed by atoms with E-state index < -0.39 is 35.1 Å². The number of aliphatic hydroxyl groups is 1. The zero-order valence-electron chi connectivity index (χ0n) is 24.4. The smallest absolute Gasteiger partial charge is 0.250 e. The maximum absolute atomic E-state index is 14.4. The fourth-order valence-corrected chi connectivity index (χ4v) is 7.70. The Balaban J connectivity index is 1.37. The molecule has 8 nitrogen and oxygen atoms in total. The van der Waals surface area contributed by atoms with Gasteiger partial charge in [-0.2, -0.15) is 0 Å². The largest absolute Gasteiger partial charge is 0.394 e. The Kier molecular flexibility index (Phi) is 7.31. The number of hydrogen-bond acceptors (Lipinski definition) is 5. The van der Waals surface area contributed by atoms with Crippen molar-refractivity contribution in [2.24, 2.45) is 17.8 Å². The van der Waals surface area contributed by atoms with Gasteiger partial charge in [-0.1, -0.05) is 81.4 Å². The van der Waals surface area contributed by atoms with Crippen LogP contribution in [-0.4, -0.2) is 57.6 Å². The summed E-state index contributed by atoms with van der Waals surface area (Å²) in [6.07, 6.45) is 1.62. The molecule has 3 fully saturated rings. The van der Waals surface area contributed by atoms with Crippen LogP contribution in [0, 0.1) is 17.8 Å². The summed E-state index contributed by atoms with van der Waals surface area (Å²) in [5, 5.41) is 18.6. The average molecular weight is 570 g/mol. The molecule has 6 rings (SSSR count). The van der Waals surface area contributed by atoms with Crippen LogP contribution in [0.5, 0.6) is 0 Å².